The highest BCUT2D eigenvalue weighted by molar-refractivity contribution is 5.04. The molecule has 0 aliphatic heterocycles. The summed E-state index contributed by atoms with van der Waals surface area (Å²) >= 11 is 0. The Morgan fingerprint density at radius 1 is 0.360 bits per heavy atom. The van der Waals surface area contributed by atoms with Crippen molar-refractivity contribution in [1.82, 2.24) is 4.90 Å². The molecule has 0 saturated heterocycles. The molecule has 0 aromatic rings. The van der Waals surface area contributed by atoms with Crippen molar-refractivity contribution < 1.29 is 0 Å². The van der Waals surface area contributed by atoms with Crippen LogP contribution in [-0.4, -0.2) is 21.5 Å². The molecule has 0 aromatic carbocycles. The van der Waals surface area contributed by atoms with Crippen LogP contribution in [-0.2, 0) is 0 Å². The molecule has 1 nitrogen and oxygen atoms in total. The third-order valence-corrected chi connectivity index (χ3v) is 4.70. The number of nitrogens with zero attached hydrogens (tertiary/aromatic N) is 1. The average molecular weight is 354 g/mol. The van der Waals surface area contributed by atoms with E-state index in [1.807, 2.05) is 0 Å². The van der Waals surface area contributed by atoms with Crippen LogP contribution < -0.4 is 0 Å². The molecule has 0 unspecified atom stereocenters. The minimum Gasteiger partial charge on any atom is -0.288 e. The summed E-state index contributed by atoms with van der Waals surface area (Å²) in [6.45, 7) is 36.2. The van der Waals surface area contributed by atoms with Crippen LogP contribution in [0.1, 0.15) is 123 Å². The fourth-order valence-electron chi connectivity index (χ4n) is 6.59. The fourth-order valence-corrected chi connectivity index (χ4v) is 6.59. The summed E-state index contributed by atoms with van der Waals surface area (Å²) in [5.74, 6) is 0. The summed E-state index contributed by atoms with van der Waals surface area (Å²) in [7, 11) is 0. The molecule has 0 spiro atoms. The van der Waals surface area contributed by atoms with Crippen molar-refractivity contribution in [1.29, 1.82) is 0 Å². The predicted molar refractivity (Wildman–Crippen MR) is 116 cm³/mol. The van der Waals surface area contributed by atoms with Crippen molar-refractivity contribution in [2.45, 2.75) is 140 Å². The van der Waals surface area contributed by atoms with Crippen LogP contribution in [0.2, 0.25) is 0 Å². The monoisotopic (exact) mass is 353 g/mol. The van der Waals surface area contributed by atoms with Crippen LogP contribution in [0, 0.1) is 16.2 Å². The molecule has 0 atom stereocenters. The highest BCUT2D eigenvalue weighted by Gasteiger charge is 2.49. The molecule has 0 amide bonds. The molecule has 0 N–H and O–H groups in total. The van der Waals surface area contributed by atoms with Gasteiger partial charge in [0.15, 0.2) is 0 Å². The summed E-state index contributed by atoms with van der Waals surface area (Å²) in [5.41, 5.74) is 1.37. The standard InChI is InChI=1S/C24H51N/c1-19(2,3)16-22(10,11)25(23(12,13)17-20(4,5)6)24(14,15)18-21(7,8)9/h16-18H2,1-15H3. The second kappa shape index (κ2) is 7.17. The Balaban J connectivity index is 6.14. The Labute approximate surface area is 161 Å². The second-order valence-corrected chi connectivity index (χ2v) is 14.0. The summed E-state index contributed by atoms with van der Waals surface area (Å²) in [5, 5.41) is 0. The maximum Gasteiger partial charge on any atom is 0.0168 e. The highest BCUT2D eigenvalue weighted by atomic mass is 15.3. The SMILES string of the molecule is CC(C)(C)CC(C)(C)N(C(C)(C)CC(C)(C)C)C(C)(C)CC(C)(C)C. The minimum absolute atomic E-state index is 0.141. The van der Waals surface area contributed by atoms with Gasteiger partial charge in [-0.05, 0) is 77.0 Å². The molecule has 0 fully saturated rings. The van der Waals surface area contributed by atoms with Gasteiger partial charge in [-0.25, -0.2) is 0 Å². The van der Waals surface area contributed by atoms with E-state index in [4.69, 9.17) is 0 Å². The van der Waals surface area contributed by atoms with E-state index in [0.29, 0.717) is 16.2 Å². The van der Waals surface area contributed by atoms with E-state index in [0.717, 1.165) is 0 Å². The first-order chi connectivity index (χ1) is 10.5. The van der Waals surface area contributed by atoms with Gasteiger partial charge in [0.1, 0.15) is 0 Å². The highest BCUT2D eigenvalue weighted by Crippen LogP contribution is 2.46. The van der Waals surface area contributed by atoms with Crippen LogP contribution in [0.3, 0.4) is 0 Å². The van der Waals surface area contributed by atoms with E-state index >= 15 is 0 Å². The van der Waals surface area contributed by atoms with Gasteiger partial charge in [0.25, 0.3) is 0 Å². The molecule has 0 rings (SSSR count). The van der Waals surface area contributed by atoms with Gasteiger partial charge in [-0.2, -0.15) is 0 Å². The summed E-state index contributed by atoms with van der Waals surface area (Å²) in [4.78, 5) is 2.87. The topological polar surface area (TPSA) is 3.24 Å². The van der Waals surface area contributed by atoms with Gasteiger partial charge in [0, 0.05) is 16.6 Å². The largest absolute Gasteiger partial charge is 0.288 e. The van der Waals surface area contributed by atoms with E-state index in [2.05, 4.69) is 109 Å². The lowest BCUT2D eigenvalue weighted by Gasteiger charge is -2.60. The smallest absolute Gasteiger partial charge is 0.0168 e. The van der Waals surface area contributed by atoms with Crippen molar-refractivity contribution in [2.75, 3.05) is 0 Å². The lowest BCUT2D eigenvalue weighted by atomic mass is 9.70. The third-order valence-electron chi connectivity index (χ3n) is 4.70. The Hall–Kier alpha value is -0.0400. The van der Waals surface area contributed by atoms with Crippen molar-refractivity contribution in [3.05, 3.63) is 0 Å². The summed E-state index contributed by atoms with van der Waals surface area (Å²) in [6.07, 6.45) is 3.59. The van der Waals surface area contributed by atoms with Crippen LogP contribution in [0.4, 0.5) is 0 Å². The number of hydrogen-bond donors (Lipinski definition) is 0. The van der Waals surface area contributed by atoms with Crippen LogP contribution in [0.25, 0.3) is 0 Å². The van der Waals surface area contributed by atoms with Crippen molar-refractivity contribution in [2.24, 2.45) is 16.2 Å². The van der Waals surface area contributed by atoms with E-state index in [9.17, 15) is 0 Å². The van der Waals surface area contributed by atoms with Crippen LogP contribution in [0.15, 0.2) is 0 Å². The Bertz CT molecular complexity index is 352. The minimum atomic E-state index is 0.141. The fraction of sp³-hybridized carbons (Fsp3) is 1.00. The third kappa shape index (κ3) is 8.94. The van der Waals surface area contributed by atoms with Gasteiger partial charge in [-0.15, -0.1) is 0 Å². The van der Waals surface area contributed by atoms with Gasteiger partial charge in [-0.3, -0.25) is 4.90 Å². The van der Waals surface area contributed by atoms with Gasteiger partial charge < -0.3 is 0 Å². The second-order valence-electron chi connectivity index (χ2n) is 14.0. The molecule has 0 aliphatic rings. The molecule has 152 valence electrons. The molecule has 0 aliphatic carbocycles. The molecule has 0 saturated carbocycles. The molecule has 0 bridgehead atoms. The lowest BCUT2D eigenvalue weighted by molar-refractivity contribution is -0.104. The molecule has 25 heavy (non-hydrogen) atoms. The van der Waals surface area contributed by atoms with E-state index < -0.39 is 0 Å². The zero-order valence-electron chi connectivity index (χ0n) is 20.6. The zero-order valence-corrected chi connectivity index (χ0v) is 20.6. The maximum absolute atomic E-state index is 2.87. The average Bonchev–Trinajstić information content (AvgIpc) is 1.98. The van der Waals surface area contributed by atoms with E-state index in [-0.39, 0.29) is 16.6 Å². The predicted octanol–water partition coefficient (Wildman–Crippen LogP) is 7.93. The van der Waals surface area contributed by atoms with Gasteiger partial charge in [-0.1, -0.05) is 62.3 Å². The molecular weight excluding hydrogens is 302 g/mol. The quantitative estimate of drug-likeness (QED) is 0.468. The van der Waals surface area contributed by atoms with Gasteiger partial charge >= 0.3 is 0 Å². The number of rotatable bonds is 6. The first-order valence-corrected chi connectivity index (χ1v) is 10.3. The summed E-state index contributed by atoms with van der Waals surface area (Å²) < 4.78 is 0. The molecule has 1 heteroatoms. The summed E-state index contributed by atoms with van der Waals surface area (Å²) in [6, 6.07) is 0. The van der Waals surface area contributed by atoms with Gasteiger partial charge in [0.2, 0.25) is 0 Å². The first-order valence-electron chi connectivity index (χ1n) is 10.3. The van der Waals surface area contributed by atoms with Crippen molar-refractivity contribution >= 4 is 0 Å². The van der Waals surface area contributed by atoms with E-state index in [1.165, 1.54) is 19.3 Å². The molecule has 0 aromatic heterocycles. The zero-order chi connectivity index (χ0) is 20.7. The van der Waals surface area contributed by atoms with Crippen molar-refractivity contribution in [3.8, 4) is 0 Å². The molecule has 0 heterocycles. The first kappa shape index (κ1) is 25.0. The maximum atomic E-state index is 2.87. The Morgan fingerprint density at radius 3 is 0.640 bits per heavy atom. The Kier molecular flexibility index (Phi) is 7.16. The Morgan fingerprint density at radius 2 is 0.520 bits per heavy atom. The van der Waals surface area contributed by atoms with E-state index in [1.54, 1.807) is 0 Å². The molecule has 0 radical (unpaired) electrons. The van der Waals surface area contributed by atoms with Crippen LogP contribution in [0.5, 0.6) is 0 Å². The molecular formula is C24H51N. The van der Waals surface area contributed by atoms with Crippen molar-refractivity contribution in [3.63, 3.8) is 0 Å². The lowest BCUT2D eigenvalue weighted by Crippen LogP contribution is -2.66. The van der Waals surface area contributed by atoms with Gasteiger partial charge in [0.05, 0.1) is 0 Å². The normalized spacial score (nSPS) is 15.8. The number of hydrogen-bond acceptors (Lipinski definition) is 1. The van der Waals surface area contributed by atoms with Crippen LogP contribution >= 0.6 is 0 Å².